The molecule has 0 aliphatic heterocycles. The summed E-state index contributed by atoms with van der Waals surface area (Å²) in [6.45, 7) is 2.24. The quantitative estimate of drug-likeness (QED) is 0.196. The molecule has 0 amide bonds. The van der Waals surface area contributed by atoms with Gasteiger partial charge in [-0.1, -0.05) is 50.8 Å². The summed E-state index contributed by atoms with van der Waals surface area (Å²) < 4.78 is 0. The minimum absolute atomic E-state index is 0.851. The summed E-state index contributed by atoms with van der Waals surface area (Å²) in [5, 5.41) is 0. The van der Waals surface area contributed by atoms with Gasteiger partial charge in [0.1, 0.15) is 6.29 Å². The van der Waals surface area contributed by atoms with Gasteiger partial charge < -0.3 is 0 Å². The summed E-state index contributed by atoms with van der Waals surface area (Å²) in [6.07, 6.45) is 21.7. The Balaban J connectivity index is 3.07. The van der Waals surface area contributed by atoms with Crippen LogP contribution in [0.5, 0.6) is 0 Å². The molecule has 0 atom stereocenters. The van der Waals surface area contributed by atoms with Crippen LogP contribution in [0.1, 0.15) is 71.1 Å². The Hall–Kier alpha value is -0.850. The van der Waals surface area contributed by atoms with Crippen LogP contribution in [0.15, 0.2) is 24.3 Å². The number of carbonyl (C=O) groups is 1. The Labute approximate surface area is 107 Å². The van der Waals surface area contributed by atoms with Gasteiger partial charge in [0.25, 0.3) is 0 Å². The molecule has 0 aromatic heterocycles. The molecule has 1 heteroatoms. The summed E-state index contributed by atoms with van der Waals surface area (Å²) >= 11 is 0. The molecule has 0 aliphatic rings. The molecule has 0 saturated carbocycles. The fourth-order valence-corrected chi connectivity index (χ4v) is 1.78. The molecule has 0 saturated heterocycles. The first kappa shape index (κ1) is 16.1. The van der Waals surface area contributed by atoms with E-state index in [0.29, 0.717) is 0 Å². The van der Waals surface area contributed by atoms with Crippen LogP contribution in [-0.4, -0.2) is 6.29 Å². The SMILES string of the molecule is CCCCC/C=C/CCCCCC/C=C\C=O. The minimum Gasteiger partial charge on any atom is -0.299 e. The van der Waals surface area contributed by atoms with E-state index in [1.807, 2.05) is 6.08 Å². The molecular formula is C16H28O. The number of rotatable bonds is 12. The summed E-state index contributed by atoms with van der Waals surface area (Å²) in [6, 6.07) is 0. The highest BCUT2D eigenvalue weighted by molar-refractivity contribution is 5.64. The molecule has 1 nitrogen and oxygen atoms in total. The van der Waals surface area contributed by atoms with Crippen LogP contribution in [0, 0.1) is 0 Å². The first-order valence-corrected chi connectivity index (χ1v) is 7.17. The Morgan fingerprint density at radius 2 is 1.24 bits per heavy atom. The number of hydrogen-bond donors (Lipinski definition) is 0. The van der Waals surface area contributed by atoms with Crippen molar-refractivity contribution in [1.82, 2.24) is 0 Å². The lowest BCUT2D eigenvalue weighted by molar-refractivity contribution is -0.104. The maximum absolute atomic E-state index is 10.0. The minimum atomic E-state index is 0.851. The second-order valence-corrected chi connectivity index (χ2v) is 4.52. The van der Waals surface area contributed by atoms with Crippen molar-refractivity contribution in [3.05, 3.63) is 24.3 Å². The second kappa shape index (κ2) is 15.1. The van der Waals surface area contributed by atoms with E-state index in [1.54, 1.807) is 6.08 Å². The predicted octanol–water partition coefficient (Wildman–Crippen LogP) is 5.22. The van der Waals surface area contributed by atoms with Gasteiger partial charge >= 0.3 is 0 Å². The van der Waals surface area contributed by atoms with Gasteiger partial charge in [0.05, 0.1) is 0 Å². The van der Waals surface area contributed by atoms with Crippen molar-refractivity contribution in [3.8, 4) is 0 Å². The van der Waals surface area contributed by atoms with Gasteiger partial charge in [-0.2, -0.15) is 0 Å². The molecule has 0 radical (unpaired) electrons. The second-order valence-electron chi connectivity index (χ2n) is 4.52. The van der Waals surface area contributed by atoms with E-state index in [4.69, 9.17) is 0 Å². The van der Waals surface area contributed by atoms with E-state index in [1.165, 1.54) is 57.8 Å². The van der Waals surface area contributed by atoms with Gasteiger partial charge in [-0.05, 0) is 44.6 Å². The normalized spacial score (nSPS) is 11.6. The van der Waals surface area contributed by atoms with Gasteiger partial charge in [-0.25, -0.2) is 0 Å². The van der Waals surface area contributed by atoms with Crippen LogP contribution in [-0.2, 0) is 4.79 Å². The maximum atomic E-state index is 10.0. The lowest BCUT2D eigenvalue weighted by Gasteiger charge is -1.97. The smallest absolute Gasteiger partial charge is 0.142 e. The molecule has 0 aromatic rings. The van der Waals surface area contributed by atoms with E-state index in [0.717, 1.165) is 12.7 Å². The lowest BCUT2D eigenvalue weighted by atomic mass is 10.1. The van der Waals surface area contributed by atoms with E-state index < -0.39 is 0 Å². The number of aldehydes is 1. The van der Waals surface area contributed by atoms with Crippen molar-refractivity contribution in [2.24, 2.45) is 0 Å². The maximum Gasteiger partial charge on any atom is 0.142 e. The van der Waals surface area contributed by atoms with Crippen LogP contribution in [0.4, 0.5) is 0 Å². The molecule has 0 aliphatic carbocycles. The van der Waals surface area contributed by atoms with E-state index >= 15 is 0 Å². The fraction of sp³-hybridized carbons (Fsp3) is 0.688. The van der Waals surface area contributed by atoms with Crippen LogP contribution in [0.3, 0.4) is 0 Å². The first-order valence-electron chi connectivity index (χ1n) is 7.17. The zero-order valence-corrected chi connectivity index (χ0v) is 11.4. The van der Waals surface area contributed by atoms with Gasteiger partial charge in [-0.15, -0.1) is 0 Å². The molecule has 0 heterocycles. The summed E-state index contributed by atoms with van der Waals surface area (Å²) in [5.74, 6) is 0. The third kappa shape index (κ3) is 15.1. The molecule has 0 fully saturated rings. The van der Waals surface area contributed by atoms with E-state index in [-0.39, 0.29) is 0 Å². The van der Waals surface area contributed by atoms with Crippen molar-refractivity contribution >= 4 is 6.29 Å². The zero-order chi connectivity index (χ0) is 12.6. The molecule has 0 N–H and O–H groups in total. The molecule has 98 valence electrons. The van der Waals surface area contributed by atoms with Crippen LogP contribution in [0.2, 0.25) is 0 Å². The number of unbranched alkanes of at least 4 members (excludes halogenated alkanes) is 8. The van der Waals surface area contributed by atoms with Crippen molar-refractivity contribution in [2.45, 2.75) is 71.1 Å². The van der Waals surface area contributed by atoms with Crippen molar-refractivity contribution in [2.75, 3.05) is 0 Å². The molecule has 0 rings (SSSR count). The van der Waals surface area contributed by atoms with Crippen LogP contribution in [0.25, 0.3) is 0 Å². The van der Waals surface area contributed by atoms with Crippen molar-refractivity contribution < 1.29 is 4.79 Å². The van der Waals surface area contributed by atoms with Gasteiger partial charge in [0.15, 0.2) is 0 Å². The highest BCUT2D eigenvalue weighted by Crippen LogP contribution is 2.07. The van der Waals surface area contributed by atoms with E-state index in [2.05, 4.69) is 19.1 Å². The highest BCUT2D eigenvalue weighted by atomic mass is 16.1. The summed E-state index contributed by atoms with van der Waals surface area (Å²) in [7, 11) is 0. The first-order chi connectivity index (χ1) is 8.41. The third-order valence-electron chi connectivity index (χ3n) is 2.85. The van der Waals surface area contributed by atoms with E-state index in [9.17, 15) is 4.79 Å². The molecule has 0 aromatic carbocycles. The van der Waals surface area contributed by atoms with Crippen molar-refractivity contribution in [3.63, 3.8) is 0 Å². The van der Waals surface area contributed by atoms with Gasteiger partial charge in [0.2, 0.25) is 0 Å². The predicted molar refractivity (Wildman–Crippen MR) is 76.2 cm³/mol. The number of hydrogen-bond acceptors (Lipinski definition) is 1. The fourth-order valence-electron chi connectivity index (χ4n) is 1.78. The monoisotopic (exact) mass is 236 g/mol. The standard InChI is InChI=1S/C16H28O/c1-2-3-4-5-6-7-8-9-10-11-12-13-14-15-16-17/h6-7,14-16H,2-5,8-13H2,1H3/b7-6+,15-14-. The molecule has 0 bridgehead atoms. The Bertz CT molecular complexity index is 204. The highest BCUT2D eigenvalue weighted by Gasteiger charge is 1.87. The average molecular weight is 236 g/mol. The summed E-state index contributed by atoms with van der Waals surface area (Å²) in [4.78, 5) is 10.0. The van der Waals surface area contributed by atoms with Gasteiger partial charge in [-0.3, -0.25) is 4.79 Å². The largest absolute Gasteiger partial charge is 0.299 e. The van der Waals surface area contributed by atoms with Gasteiger partial charge in [0, 0.05) is 0 Å². The Morgan fingerprint density at radius 1 is 0.706 bits per heavy atom. The summed E-state index contributed by atoms with van der Waals surface area (Å²) in [5.41, 5.74) is 0. The zero-order valence-electron chi connectivity index (χ0n) is 11.4. The molecule has 0 unspecified atom stereocenters. The number of carbonyl (C=O) groups excluding carboxylic acids is 1. The van der Waals surface area contributed by atoms with Crippen LogP contribution < -0.4 is 0 Å². The van der Waals surface area contributed by atoms with Crippen molar-refractivity contribution in [1.29, 1.82) is 0 Å². The Morgan fingerprint density at radius 3 is 1.76 bits per heavy atom. The Kier molecular flexibility index (Phi) is 14.4. The lowest BCUT2D eigenvalue weighted by Crippen LogP contribution is -1.77. The molecule has 0 spiro atoms. The topological polar surface area (TPSA) is 17.1 Å². The average Bonchev–Trinajstić information content (AvgIpc) is 2.35. The molecular weight excluding hydrogens is 208 g/mol. The van der Waals surface area contributed by atoms with Crippen LogP contribution >= 0.6 is 0 Å². The number of allylic oxidation sites excluding steroid dienone is 4. The molecule has 17 heavy (non-hydrogen) atoms. The third-order valence-corrected chi connectivity index (χ3v) is 2.85.